The van der Waals surface area contributed by atoms with E-state index in [1.54, 1.807) is 26.9 Å². The fraction of sp³-hybridized carbons (Fsp3) is 0.581. The molecule has 3 amide bonds. The van der Waals surface area contributed by atoms with Gasteiger partial charge in [-0.2, -0.15) is 0 Å². The Morgan fingerprint density at radius 3 is 2.46 bits per heavy atom. The van der Waals surface area contributed by atoms with Crippen LogP contribution in [0.1, 0.15) is 52.4 Å². The average molecular weight is 538 g/mol. The molecule has 5 atom stereocenters. The smallest absolute Gasteiger partial charge is 0.248 e. The van der Waals surface area contributed by atoms with Gasteiger partial charge in [-0.05, 0) is 44.7 Å². The number of ether oxygens (including phenoxy) is 1. The normalized spacial score (nSPS) is 28.8. The van der Waals surface area contributed by atoms with Crippen molar-refractivity contribution in [3.8, 4) is 0 Å². The van der Waals surface area contributed by atoms with E-state index in [4.69, 9.17) is 4.74 Å². The number of likely N-dealkylation sites (tertiary alicyclic amines) is 1. The third-order valence-corrected chi connectivity index (χ3v) is 8.67. The van der Waals surface area contributed by atoms with Crippen LogP contribution in [0.3, 0.4) is 0 Å². The molecule has 4 rings (SSSR count). The second-order valence-corrected chi connectivity index (χ2v) is 11.2. The van der Waals surface area contributed by atoms with Crippen LogP contribution in [-0.4, -0.2) is 82.7 Å². The van der Waals surface area contributed by atoms with Crippen LogP contribution < -0.4 is 4.90 Å². The minimum Gasteiger partial charge on any atom is -0.396 e. The fourth-order valence-corrected chi connectivity index (χ4v) is 6.96. The number of amides is 3. The van der Waals surface area contributed by atoms with Crippen LogP contribution in [0.2, 0.25) is 0 Å². The van der Waals surface area contributed by atoms with Gasteiger partial charge >= 0.3 is 0 Å². The quantitative estimate of drug-likeness (QED) is 0.290. The summed E-state index contributed by atoms with van der Waals surface area (Å²) in [5, 5.41) is 9.60. The number of hydrogen-bond acceptors (Lipinski definition) is 5. The summed E-state index contributed by atoms with van der Waals surface area (Å²) in [5.74, 6) is -2.09. The number of fused-ring (bicyclic) bond motifs is 1. The standard InChI is InChI=1S/C31H43N3O5/c1-5-8-12-20-32(18-6-2)29(38)26-31-17-16-30(4,39-31)24(25(31)28(37)34(26)21-13-22-35)27(36)33(19-7-3)23-14-10-9-11-15-23/h6-7,9-11,14-15,24-26,35H,2-3,5,8,12-13,16-22H2,1,4H3/t24-,25-,26?,30+,31?/m0/s1. The molecule has 8 nitrogen and oxygen atoms in total. The molecule has 2 unspecified atom stereocenters. The van der Waals surface area contributed by atoms with Gasteiger partial charge < -0.3 is 24.5 Å². The third-order valence-electron chi connectivity index (χ3n) is 8.67. The number of unbranched alkanes of at least 4 members (excludes halogenated alkanes) is 2. The molecule has 3 heterocycles. The molecule has 1 N–H and O–H groups in total. The molecule has 212 valence electrons. The van der Waals surface area contributed by atoms with Crippen molar-refractivity contribution in [3.63, 3.8) is 0 Å². The van der Waals surface area contributed by atoms with Crippen molar-refractivity contribution >= 4 is 23.4 Å². The van der Waals surface area contributed by atoms with E-state index in [2.05, 4.69) is 20.1 Å². The topological polar surface area (TPSA) is 90.4 Å². The van der Waals surface area contributed by atoms with E-state index >= 15 is 0 Å². The summed E-state index contributed by atoms with van der Waals surface area (Å²) in [6.45, 7) is 13.1. The molecular weight excluding hydrogens is 494 g/mol. The van der Waals surface area contributed by atoms with E-state index in [0.717, 1.165) is 24.9 Å². The highest BCUT2D eigenvalue weighted by Gasteiger charge is 2.78. The van der Waals surface area contributed by atoms with E-state index in [1.807, 2.05) is 37.3 Å². The second-order valence-electron chi connectivity index (χ2n) is 11.2. The number of aliphatic hydroxyl groups excluding tert-OH is 1. The summed E-state index contributed by atoms with van der Waals surface area (Å²) in [4.78, 5) is 47.8. The van der Waals surface area contributed by atoms with Crippen LogP contribution >= 0.6 is 0 Å². The molecule has 0 aliphatic carbocycles. The summed E-state index contributed by atoms with van der Waals surface area (Å²) in [6, 6.07) is 8.53. The van der Waals surface area contributed by atoms with E-state index in [-0.39, 0.29) is 30.9 Å². The Labute approximate surface area is 232 Å². The van der Waals surface area contributed by atoms with Crippen LogP contribution in [0, 0.1) is 11.8 Å². The summed E-state index contributed by atoms with van der Waals surface area (Å²) in [5.41, 5.74) is -1.22. The Morgan fingerprint density at radius 2 is 1.82 bits per heavy atom. The number of para-hydroxylation sites is 1. The second kappa shape index (κ2) is 12.0. The Bertz CT molecular complexity index is 1080. The van der Waals surface area contributed by atoms with Crippen molar-refractivity contribution in [1.29, 1.82) is 0 Å². The van der Waals surface area contributed by atoms with Gasteiger partial charge in [0.25, 0.3) is 0 Å². The highest BCUT2D eigenvalue weighted by atomic mass is 16.5. The zero-order valence-corrected chi connectivity index (χ0v) is 23.4. The minimum atomic E-state index is -1.08. The molecule has 1 aromatic rings. The van der Waals surface area contributed by atoms with Gasteiger partial charge in [-0.15, -0.1) is 13.2 Å². The fourth-order valence-electron chi connectivity index (χ4n) is 6.96. The molecule has 1 spiro atoms. The first-order valence-electron chi connectivity index (χ1n) is 14.3. The summed E-state index contributed by atoms with van der Waals surface area (Å²) >= 11 is 0. The SMILES string of the molecule is C=CCN(CCCCC)C(=O)C1N(CCCO)C(=O)[C@@H]2[C@@H](C(=O)N(CC=C)c3ccccc3)[C@@]3(C)CCC12O3. The lowest BCUT2D eigenvalue weighted by atomic mass is 9.66. The molecule has 3 fully saturated rings. The maximum Gasteiger partial charge on any atom is 0.248 e. The molecule has 1 aromatic carbocycles. The number of benzene rings is 1. The van der Waals surface area contributed by atoms with Crippen molar-refractivity contribution in [1.82, 2.24) is 9.80 Å². The number of aliphatic hydroxyl groups is 1. The summed E-state index contributed by atoms with van der Waals surface area (Å²) in [7, 11) is 0. The average Bonchev–Trinajstić information content (AvgIpc) is 3.50. The maximum absolute atomic E-state index is 14.3. The first-order chi connectivity index (χ1) is 18.8. The number of nitrogens with zero attached hydrogens (tertiary/aromatic N) is 3. The van der Waals surface area contributed by atoms with Crippen molar-refractivity contribution in [2.75, 3.05) is 37.7 Å². The van der Waals surface area contributed by atoms with Gasteiger partial charge in [0.2, 0.25) is 17.7 Å². The molecule has 0 radical (unpaired) electrons. The number of carbonyl (C=O) groups is 3. The highest BCUT2D eigenvalue weighted by molar-refractivity contribution is 6.03. The molecule has 2 bridgehead atoms. The summed E-state index contributed by atoms with van der Waals surface area (Å²) in [6.07, 6.45) is 7.72. The summed E-state index contributed by atoms with van der Waals surface area (Å²) < 4.78 is 6.77. The van der Waals surface area contributed by atoms with E-state index in [9.17, 15) is 19.5 Å². The zero-order chi connectivity index (χ0) is 28.2. The van der Waals surface area contributed by atoms with E-state index in [1.165, 1.54) is 0 Å². The van der Waals surface area contributed by atoms with E-state index in [0.29, 0.717) is 38.9 Å². The number of hydrogen-bond donors (Lipinski definition) is 1. The molecule has 3 aliphatic rings. The molecular formula is C31H43N3O5. The monoisotopic (exact) mass is 537 g/mol. The van der Waals surface area contributed by atoms with Crippen LogP contribution in [-0.2, 0) is 19.1 Å². The van der Waals surface area contributed by atoms with Crippen LogP contribution in [0.25, 0.3) is 0 Å². The lowest BCUT2D eigenvalue weighted by Gasteiger charge is -2.37. The molecule has 0 saturated carbocycles. The molecule has 3 saturated heterocycles. The Balaban J connectivity index is 1.74. The zero-order valence-electron chi connectivity index (χ0n) is 23.4. The lowest BCUT2D eigenvalue weighted by molar-refractivity contribution is -0.151. The van der Waals surface area contributed by atoms with Gasteiger partial charge in [0.05, 0.1) is 17.4 Å². The highest BCUT2D eigenvalue weighted by Crippen LogP contribution is 2.63. The Hall–Kier alpha value is -2.97. The van der Waals surface area contributed by atoms with Gasteiger partial charge in [-0.25, -0.2) is 0 Å². The van der Waals surface area contributed by atoms with Crippen LogP contribution in [0.5, 0.6) is 0 Å². The number of anilines is 1. The van der Waals surface area contributed by atoms with Gasteiger partial charge in [0, 0.05) is 38.5 Å². The minimum absolute atomic E-state index is 0.0999. The predicted molar refractivity (Wildman–Crippen MR) is 151 cm³/mol. The maximum atomic E-state index is 14.3. The molecule has 0 aromatic heterocycles. The van der Waals surface area contributed by atoms with Crippen molar-refractivity contribution in [2.45, 2.75) is 69.6 Å². The van der Waals surface area contributed by atoms with Crippen molar-refractivity contribution in [2.24, 2.45) is 11.8 Å². The lowest BCUT2D eigenvalue weighted by Crippen LogP contribution is -2.56. The molecule has 8 heteroatoms. The van der Waals surface area contributed by atoms with E-state index < -0.39 is 29.1 Å². The Kier molecular flexibility index (Phi) is 8.96. The molecule has 39 heavy (non-hydrogen) atoms. The first-order valence-corrected chi connectivity index (χ1v) is 14.3. The van der Waals surface area contributed by atoms with Crippen molar-refractivity contribution < 1.29 is 24.2 Å². The largest absolute Gasteiger partial charge is 0.396 e. The van der Waals surface area contributed by atoms with Crippen molar-refractivity contribution in [3.05, 3.63) is 55.6 Å². The van der Waals surface area contributed by atoms with Gasteiger partial charge in [-0.1, -0.05) is 50.1 Å². The Morgan fingerprint density at radius 1 is 1.10 bits per heavy atom. The van der Waals surface area contributed by atoms with Gasteiger partial charge in [0.15, 0.2) is 0 Å². The predicted octanol–water partition coefficient (Wildman–Crippen LogP) is 3.56. The number of carbonyl (C=O) groups excluding carboxylic acids is 3. The van der Waals surface area contributed by atoms with Crippen LogP contribution in [0.15, 0.2) is 55.6 Å². The van der Waals surface area contributed by atoms with Crippen LogP contribution in [0.4, 0.5) is 5.69 Å². The van der Waals surface area contributed by atoms with Gasteiger partial charge in [0.1, 0.15) is 11.6 Å². The number of rotatable bonds is 14. The third kappa shape index (κ3) is 5.05. The first kappa shape index (κ1) is 29.0. The molecule has 3 aliphatic heterocycles. The van der Waals surface area contributed by atoms with Gasteiger partial charge in [-0.3, -0.25) is 14.4 Å².